The Hall–Kier alpha value is -0.400. The highest BCUT2D eigenvalue weighted by Crippen LogP contribution is 2.22. The molecular formula is C28H54O5S2. The maximum atomic E-state index is 11.2. The highest BCUT2D eigenvalue weighted by Gasteiger charge is 2.31. The number of carboxylic acids is 2. The van der Waals surface area contributed by atoms with Gasteiger partial charge in [-0.2, -0.15) is 12.6 Å². The van der Waals surface area contributed by atoms with Gasteiger partial charge < -0.3 is 15.3 Å². The topological polar surface area (TPSA) is 94.8 Å². The fraction of sp³-hybridized carbons (Fsp3) is 0.929. The summed E-state index contributed by atoms with van der Waals surface area (Å²) in [5, 5.41) is 25.7. The Morgan fingerprint density at radius 3 is 1.29 bits per heavy atom. The van der Waals surface area contributed by atoms with E-state index in [1.165, 1.54) is 116 Å². The quantitative estimate of drug-likeness (QED) is 0.0628. The van der Waals surface area contributed by atoms with Gasteiger partial charge in [0.2, 0.25) is 0 Å². The first-order valence-corrected chi connectivity index (χ1v) is 15.9. The Bertz CT molecular complexity index is 504. The van der Waals surface area contributed by atoms with Crippen LogP contribution in [0.15, 0.2) is 0 Å². The average molecular weight is 535 g/mol. The normalized spacial score (nSPS) is 14.0. The standard InChI is InChI=1S/C28H54O5S2/c1-2-3-4-5-6-7-8-9-10-11-12-13-14-15-16-17-18-19-20-21-22-24(29)23-35-26(28(32)33)25(34)27(30)31/h24-26,29,34H,2-23H2,1H3,(H,30,31)(H,32,33). The van der Waals surface area contributed by atoms with Gasteiger partial charge >= 0.3 is 11.9 Å². The van der Waals surface area contributed by atoms with Crippen molar-refractivity contribution in [1.82, 2.24) is 0 Å². The molecular weight excluding hydrogens is 480 g/mol. The molecule has 0 spiro atoms. The lowest BCUT2D eigenvalue weighted by Gasteiger charge is -2.17. The highest BCUT2D eigenvalue weighted by atomic mass is 32.2. The van der Waals surface area contributed by atoms with Crippen LogP contribution < -0.4 is 0 Å². The van der Waals surface area contributed by atoms with Gasteiger partial charge in [-0.3, -0.25) is 9.59 Å². The summed E-state index contributed by atoms with van der Waals surface area (Å²) in [6, 6.07) is 0. The van der Waals surface area contributed by atoms with Crippen LogP contribution in [0.25, 0.3) is 0 Å². The maximum Gasteiger partial charge on any atom is 0.318 e. The molecule has 208 valence electrons. The van der Waals surface area contributed by atoms with Crippen LogP contribution in [0.5, 0.6) is 0 Å². The number of hydrogen-bond acceptors (Lipinski definition) is 5. The van der Waals surface area contributed by atoms with Gasteiger partial charge in [-0.15, -0.1) is 11.8 Å². The van der Waals surface area contributed by atoms with E-state index in [0.29, 0.717) is 6.42 Å². The van der Waals surface area contributed by atoms with Crippen molar-refractivity contribution in [3.63, 3.8) is 0 Å². The molecule has 0 aromatic carbocycles. The van der Waals surface area contributed by atoms with Crippen LogP contribution in [0.4, 0.5) is 0 Å². The number of aliphatic hydroxyl groups excluding tert-OH is 1. The zero-order valence-corrected chi connectivity index (χ0v) is 24.0. The summed E-state index contributed by atoms with van der Waals surface area (Å²) in [5.74, 6) is -2.24. The van der Waals surface area contributed by atoms with Crippen LogP contribution >= 0.6 is 24.4 Å². The van der Waals surface area contributed by atoms with Gasteiger partial charge in [0.1, 0.15) is 10.5 Å². The molecule has 0 saturated heterocycles. The molecule has 0 aromatic heterocycles. The van der Waals surface area contributed by atoms with E-state index in [1.807, 2.05) is 0 Å². The summed E-state index contributed by atoms with van der Waals surface area (Å²) < 4.78 is 0. The van der Waals surface area contributed by atoms with E-state index in [2.05, 4.69) is 19.6 Å². The van der Waals surface area contributed by atoms with Crippen LogP contribution in [-0.2, 0) is 9.59 Å². The van der Waals surface area contributed by atoms with E-state index >= 15 is 0 Å². The third-order valence-corrected chi connectivity index (χ3v) is 8.77. The van der Waals surface area contributed by atoms with Gasteiger partial charge in [0.15, 0.2) is 0 Å². The molecule has 3 N–H and O–H groups in total. The number of aliphatic hydroxyl groups is 1. The van der Waals surface area contributed by atoms with Gasteiger partial charge in [-0.1, -0.05) is 135 Å². The summed E-state index contributed by atoms with van der Waals surface area (Å²) >= 11 is 4.82. The summed E-state index contributed by atoms with van der Waals surface area (Å²) in [6.45, 7) is 2.27. The van der Waals surface area contributed by atoms with Crippen molar-refractivity contribution in [3.05, 3.63) is 0 Å². The van der Waals surface area contributed by atoms with Crippen molar-refractivity contribution in [2.24, 2.45) is 0 Å². The monoisotopic (exact) mass is 534 g/mol. The molecule has 0 aromatic rings. The van der Waals surface area contributed by atoms with Gasteiger partial charge in [-0.25, -0.2) is 0 Å². The second kappa shape index (κ2) is 25.3. The summed E-state index contributed by atoms with van der Waals surface area (Å²) in [7, 11) is 0. The molecule has 0 bridgehead atoms. The average Bonchev–Trinajstić information content (AvgIpc) is 2.82. The lowest BCUT2D eigenvalue weighted by molar-refractivity contribution is -0.142. The Morgan fingerprint density at radius 1 is 0.629 bits per heavy atom. The van der Waals surface area contributed by atoms with Crippen molar-refractivity contribution in [3.8, 4) is 0 Å². The highest BCUT2D eigenvalue weighted by molar-refractivity contribution is 8.01. The van der Waals surface area contributed by atoms with Gasteiger partial charge in [-0.05, 0) is 6.42 Å². The van der Waals surface area contributed by atoms with Crippen LogP contribution in [-0.4, -0.2) is 49.6 Å². The Morgan fingerprint density at radius 2 is 0.971 bits per heavy atom. The van der Waals surface area contributed by atoms with Crippen molar-refractivity contribution in [2.75, 3.05) is 5.75 Å². The number of aliphatic carboxylic acids is 2. The molecule has 0 heterocycles. The first-order chi connectivity index (χ1) is 16.9. The minimum Gasteiger partial charge on any atom is -0.480 e. The van der Waals surface area contributed by atoms with E-state index in [9.17, 15) is 14.7 Å². The van der Waals surface area contributed by atoms with E-state index in [4.69, 9.17) is 10.2 Å². The molecule has 0 amide bonds. The minimum atomic E-state index is -1.27. The molecule has 7 heteroatoms. The molecule has 0 fully saturated rings. The van der Waals surface area contributed by atoms with Crippen molar-refractivity contribution in [1.29, 1.82) is 0 Å². The number of carboxylic acid groups (broad SMARTS) is 2. The number of thioether (sulfide) groups is 1. The van der Waals surface area contributed by atoms with Crippen LogP contribution in [0.1, 0.15) is 142 Å². The van der Waals surface area contributed by atoms with E-state index in [0.717, 1.165) is 24.6 Å². The van der Waals surface area contributed by atoms with Crippen molar-refractivity contribution >= 4 is 36.3 Å². The maximum absolute atomic E-state index is 11.2. The van der Waals surface area contributed by atoms with Gasteiger partial charge in [0, 0.05) is 5.75 Å². The lowest BCUT2D eigenvalue weighted by Crippen LogP contribution is -2.34. The van der Waals surface area contributed by atoms with E-state index in [-0.39, 0.29) is 5.75 Å². The first-order valence-electron chi connectivity index (χ1n) is 14.3. The predicted octanol–water partition coefficient (Wildman–Crippen LogP) is 8.13. The number of unbranched alkanes of at least 4 members (excludes halogenated alkanes) is 19. The molecule has 0 aliphatic carbocycles. The molecule has 5 nitrogen and oxygen atoms in total. The fourth-order valence-electron chi connectivity index (χ4n) is 4.36. The van der Waals surface area contributed by atoms with Crippen LogP contribution in [0.3, 0.4) is 0 Å². The zero-order chi connectivity index (χ0) is 26.2. The summed E-state index contributed by atoms with van der Waals surface area (Å²) in [6.07, 6.45) is 26.7. The molecule has 0 aliphatic heterocycles. The molecule has 3 unspecified atom stereocenters. The smallest absolute Gasteiger partial charge is 0.318 e. The van der Waals surface area contributed by atoms with E-state index in [1.54, 1.807) is 0 Å². The van der Waals surface area contributed by atoms with E-state index < -0.39 is 28.5 Å². The largest absolute Gasteiger partial charge is 0.480 e. The number of hydrogen-bond donors (Lipinski definition) is 4. The molecule has 3 atom stereocenters. The van der Waals surface area contributed by atoms with Crippen molar-refractivity contribution < 1.29 is 24.9 Å². The van der Waals surface area contributed by atoms with Crippen LogP contribution in [0.2, 0.25) is 0 Å². The SMILES string of the molecule is CCCCCCCCCCCCCCCCCCCCCCC(O)CSC(C(=O)O)C(S)C(=O)O. The molecule has 0 rings (SSSR count). The fourth-order valence-corrected chi connectivity index (χ4v) is 5.78. The number of rotatable bonds is 27. The first kappa shape index (κ1) is 34.6. The zero-order valence-electron chi connectivity index (χ0n) is 22.3. The molecule has 0 radical (unpaired) electrons. The summed E-state index contributed by atoms with van der Waals surface area (Å²) in [5.41, 5.74) is 0. The van der Waals surface area contributed by atoms with Crippen LogP contribution in [0, 0.1) is 0 Å². The Kier molecular flexibility index (Phi) is 25.0. The Labute approximate surface area is 225 Å². The third-order valence-electron chi connectivity index (χ3n) is 6.64. The summed E-state index contributed by atoms with van der Waals surface area (Å²) in [4.78, 5) is 22.1. The lowest BCUT2D eigenvalue weighted by atomic mass is 10.0. The Balaban J connectivity index is 3.38. The third kappa shape index (κ3) is 22.5. The number of thiol groups is 1. The molecule has 0 aliphatic rings. The van der Waals surface area contributed by atoms with Gasteiger partial charge in [0.25, 0.3) is 0 Å². The van der Waals surface area contributed by atoms with Crippen molar-refractivity contribution in [2.45, 2.75) is 158 Å². The molecule has 35 heavy (non-hydrogen) atoms. The van der Waals surface area contributed by atoms with Gasteiger partial charge in [0.05, 0.1) is 6.10 Å². The number of carbonyl (C=O) groups is 2. The molecule has 0 saturated carbocycles. The minimum absolute atomic E-state index is 0.223. The predicted molar refractivity (Wildman–Crippen MR) is 153 cm³/mol. The second-order valence-electron chi connectivity index (χ2n) is 10.0. The second-order valence-corrected chi connectivity index (χ2v) is 11.8.